The Bertz CT molecular complexity index is 1060. The van der Waals surface area contributed by atoms with Crippen LogP contribution in [0.4, 0.5) is 5.69 Å². The molecule has 1 amide bonds. The van der Waals surface area contributed by atoms with Crippen molar-refractivity contribution in [3.8, 4) is 0 Å². The van der Waals surface area contributed by atoms with Crippen molar-refractivity contribution in [3.05, 3.63) is 59.2 Å². The van der Waals surface area contributed by atoms with Gasteiger partial charge in [0.2, 0.25) is 10.0 Å². The average Bonchev–Trinajstić information content (AvgIpc) is 2.98. The van der Waals surface area contributed by atoms with Gasteiger partial charge in [0.1, 0.15) is 0 Å². The van der Waals surface area contributed by atoms with Crippen molar-refractivity contribution in [2.45, 2.75) is 18.2 Å². The predicted molar refractivity (Wildman–Crippen MR) is 108 cm³/mol. The molecule has 0 N–H and O–H groups in total. The van der Waals surface area contributed by atoms with Gasteiger partial charge in [0.05, 0.1) is 29.4 Å². The largest absolute Gasteiger partial charge is 0.379 e. The van der Waals surface area contributed by atoms with E-state index in [0.29, 0.717) is 37.4 Å². The molecule has 2 aromatic rings. The van der Waals surface area contributed by atoms with Crippen molar-refractivity contribution >= 4 is 27.4 Å². The van der Waals surface area contributed by atoms with Gasteiger partial charge in [-0.3, -0.25) is 9.59 Å². The quantitative estimate of drug-likeness (QED) is 0.697. The molecule has 1 saturated heterocycles. The Morgan fingerprint density at radius 2 is 1.69 bits per heavy atom. The maximum atomic E-state index is 13.0. The van der Waals surface area contributed by atoms with Crippen LogP contribution in [-0.2, 0) is 26.0 Å². The van der Waals surface area contributed by atoms with E-state index in [9.17, 15) is 18.0 Å². The number of benzene rings is 2. The molecule has 2 aromatic carbocycles. The Kier molecular flexibility index (Phi) is 5.24. The van der Waals surface area contributed by atoms with Crippen LogP contribution in [0.3, 0.4) is 0 Å². The molecular formula is C21H22N2O5S. The van der Waals surface area contributed by atoms with Crippen LogP contribution in [0, 0.1) is 6.92 Å². The highest BCUT2D eigenvalue weighted by Crippen LogP contribution is 2.35. The number of morpholine rings is 1. The fraction of sp³-hybridized carbons (Fsp3) is 0.333. The third-order valence-electron chi connectivity index (χ3n) is 5.41. The summed E-state index contributed by atoms with van der Waals surface area (Å²) in [4.78, 5) is 26.8. The Morgan fingerprint density at radius 3 is 2.38 bits per heavy atom. The normalized spacial score (nSPS) is 17.6. The number of nitrogens with zero attached hydrogens (tertiary/aromatic N) is 2. The molecule has 0 saturated carbocycles. The van der Waals surface area contributed by atoms with Gasteiger partial charge in [-0.15, -0.1) is 0 Å². The molecule has 7 nitrogen and oxygen atoms in total. The second-order valence-corrected chi connectivity index (χ2v) is 9.03. The summed E-state index contributed by atoms with van der Waals surface area (Å²) in [5.74, 6) is -1.26. The SMILES string of the molecule is Cc1c(S(=O)(=O)N2CCOCC2)ccc2c1C(=O)C(=O)N2CCc1ccccc1. The van der Waals surface area contributed by atoms with Gasteiger partial charge < -0.3 is 9.64 Å². The first-order valence-electron chi connectivity index (χ1n) is 9.53. The van der Waals surface area contributed by atoms with Gasteiger partial charge in [-0.2, -0.15) is 4.31 Å². The molecule has 0 atom stereocenters. The number of anilines is 1. The number of hydrogen-bond acceptors (Lipinski definition) is 5. The summed E-state index contributed by atoms with van der Waals surface area (Å²) in [5, 5.41) is 0. The molecule has 152 valence electrons. The van der Waals surface area contributed by atoms with Crippen LogP contribution in [0.25, 0.3) is 0 Å². The maximum absolute atomic E-state index is 13.0. The molecule has 2 heterocycles. The number of amides is 1. The molecule has 4 rings (SSSR count). The van der Waals surface area contributed by atoms with E-state index in [1.54, 1.807) is 13.0 Å². The first-order chi connectivity index (χ1) is 13.9. The van der Waals surface area contributed by atoms with E-state index in [-0.39, 0.29) is 23.5 Å². The van der Waals surface area contributed by atoms with Crippen LogP contribution >= 0.6 is 0 Å². The summed E-state index contributed by atoms with van der Waals surface area (Å²) in [6.45, 7) is 3.18. The van der Waals surface area contributed by atoms with Crippen LogP contribution in [0.1, 0.15) is 21.5 Å². The van der Waals surface area contributed by atoms with Crippen molar-refractivity contribution < 1.29 is 22.7 Å². The summed E-state index contributed by atoms with van der Waals surface area (Å²) in [6, 6.07) is 12.8. The fourth-order valence-corrected chi connectivity index (χ4v) is 5.48. The Labute approximate surface area is 169 Å². The molecule has 29 heavy (non-hydrogen) atoms. The number of carbonyl (C=O) groups excluding carboxylic acids is 2. The van der Waals surface area contributed by atoms with E-state index in [2.05, 4.69) is 0 Å². The van der Waals surface area contributed by atoms with E-state index in [0.717, 1.165) is 5.56 Å². The first-order valence-corrected chi connectivity index (χ1v) is 11.0. The van der Waals surface area contributed by atoms with Gasteiger partial charge >= 0.3 is 0 Å². The van der Waals surface area contributed by atoms with Gasteiger partial charge in [0, 0.05) is 19.6 Å². The van der Waals surface area contributed by atoms with E-state index in [1.807, 2.05) is 30.3 Å². The summed E-state index contributed by atoms with van der Waals surface area (Å²) in [7, 11) is -3.76. The zero-order chi connectivity index (χ0) is 20.6. The Morgan fingerprint density at radius 1 is 1.00 bits per heavy atom. The highest BCUT2D eigenvalue weighted by atomic mass is 32.2. The third kappa shape index (κ3) is 3.48. The van der Waals surface area contributed by atoms with Crippen LogP contribution in [0.2, 0.25) is 0 Å². The lowest BCUT2D eigenvalue weighted by Crippen LogP contribution is -2.40. The monoisotopic (exact) mass is 414 g/mol. The molecule has 0 radical (unpaired) electrons. The second kappa shape index (κ2) is 7.70. The fourth-order valence-electron chi connectivity index (χ4n) is 3.84. The highest BCUT2D eigenvalue weighted by Gasteiger charge is 2.39. The topological polar surface area (TPSA) is 84.0 Å². The lowest BCUT2D eigenvalue weighted by Gasteiger charge is -2.27. The molecule has 8 heteroatoms. The van der Waals surface area contributed by atoms with Gasteiger partial charge in [-0.25, -0.2) is 8.42 Å². The number of Topliss-reactive ketones (excluding diaryl/α,β-unsaturated/α-hetero) is 1. The minimum Gasteiger partial charge on any atom is -0.379 e. The minimum absolute atomic E-state index is 0.0733. The number of rotatable bonds is 5. The van der Waals surface area contributed by atoms with Crippen molar-refractivity contribution in [3.63, 3.8) is 0 Å². The molecular weight excluding hydrogens is 392 g/mol. The number of hydrogen-bond donors (Lipinski definition) is 0. The van der Waals surface area contributed by atoms with Crippen molar-refractivity contribution in [1.82, 2.24) is 4.31 Å². The highest BCUT2D eigenvalue weighted by molar-refractivity contribution is 7.89. The van der Waals surface area contributed by atoms with Gasteiger partial charge in [0.15, 0.2) is 0 Å². The summed E-state index contributed by atoms with van der Waals surface area (Å²) >= 11 is 0. The number of ketones is 1. The van der Waals surface area contributed by atoms with E-state index < -0.39 is 21.7 Å². The zero-order valence-corrected chi connectivity index (χ0v) is 16.9. The van der Waals surface area contributed by atoms with Gasteiger partial charge in [-0.1, -0.05) is 30.3 Å². The van der Waals surface area contributed by atoms with Gasteiger partial charge in [0.25, 0.3) is 11.7 Å². The Balaban J connectivity index is 1.66. The minimum atomic E-state index is -3.76. The zero-order valence-electron chi connectivity index (χ0n) is 16.1. The summed E-state index contributed by atoms with van der Waals surface area (Å²) in [6.07, 6.45) is 0.603. The van der Waals surface area contributed by atoms with Crippen LogP contribution < -0.4 is 4.90 Å². The van der Waals surface area contributed by atoms with Crippen molar-refractivity contribution in [2.75, 3.05) is 37.7 Å². The smallest absolute Gasteiger partial charge is 0.299 e. The van der Waals surface area contributed by atoms with Crippen LogP contribution in [0.5, 0.6) is 0 Å². The number of sulfonamides is 1. The maximum Gasteiger partial charge on any atom is 0.299 e. The van der Waals surface area contributed by atoms with Gasteiger partial charge in [-0.05, 0) is 36.6 Å². The number of fused-ring (bicyclic) bond motifs is 1. The number of carbonyl (C=O) groups is 2. The molecule has 0 unspecified atom stereocenters. The number of ether oxygens (including phenoxy) is 1. The molecule has 0 aromatic heterocycles. The van der Waals surface area contributed by atoms with Crippen LogP contribution in [0.15, 0.2) is 47.4 Å². The summed E-state index contributed by atoms with van der Waals surface area (Å²) < 4.78 is 32.7. The first kappa shape index (κ1) is 19.8. The lowest BCUT2D eigenvalue weighted by molar-refractivity contribution is -0.114. The average molecular weight is 414 g/mol. The van der Waals surface area contributed by atoms with E-state index >= 15 is 0 Å². The molecule has 2 aliphatic rings. The third-order valence-corrected chi connectivity index (χ3v) is 7.45. The van der Waals surface area contributed by atoms with Crippen molar-refractivity contribution in [1.29, 1.82) is 0 Å². The molecule has 0 bridgehead atoms. The van der Waals surface area contributed by atoms with Crippen molar-refractivity contribution in [2.24, 2.45) is 0 Å². The standard InChI is InChI=1S/C21H22N2O5S/c1-15-18(29(26,27)22-11-13-28-14-12-22)8-7-17-19(15)20(24)21(25)23(17)10-9-16-5-3-2-4-6-16/h2-8H,9-14H2,1H3. The summed E-state index contributed by atoms with van der Waals surface area (Å²) in [5.41, 5.74) is 2.06. The molecule has 2 aliphatic heterocycles. The van der Waals surface area contributed by atoms with E-state index in [1.165, 1.54) is 15.3 Å². The molecule has 1 fully saturated rings. The molecule has 0 spiro atoms. The van der Waals surface area contributed by atoms with E-state index in [4.69, 9.17) is 4.74 Å². The Hall–Kier alpha value is -2.55. The lowest BCUT2D eigenvalue weighted by atomic mass is 10.1. The molecule has 0 aliphatic carbocycles. The predicted octanol–water partition coefficient (Wildman–Crippen LogP) is 1.79. The van der Waals surface area contributed by atoms with Crippen LogP contribution in [-0.4, -0.2) is 57.3 Å². The second-order valence-electron chi connectivity index (χ2n) is 7.12.